The van der Waals surface area contributed by atoms with Gasteiger partial charge in [0.2, 0.25) is 0 Å². The average Bonchev–Trinajstić information content (AvgIpc) is 2.81. The Hall–Kier alpha value is -1.89. The van der Waals surface area contributed by atoms with Crippen LogP contribution in [0.3, 0.4) is 0 Å². The van der Waals surface area contributed by atoms with Crippen LogP contribution in [-0.2, 0) is 10.2 Å². The Morgan fingerprint density at radius 2 is 2.00 bits per heavy atom. The molecule has 0 saturated heterocycles. The van der Waals surface area contributed by atoms with Crippen LogP contribution in [0, 0.1) is 0 Å². The molecule has 0 amide bonds. The van der Waals surface area contributed by atoms with E-state index < -0.39 is 5.97 Å². The summed E-state index contributed by atoms with van der Waals surface area (Å²) in [6.45, 7) is 6.16. The lowest BCUT2D eigenvalue weighted by molar-refractivity contribution is -0.133. The fourth-order valence-electron chi connectivity index (χ4n) is 1.51. The van der Waals surface area contributed by atoms with Crippen molar-refractivity contribution in [3.05, 3.63) is 30.2 Å². The minimum absolute atomic E-state index is 0.0257. The molecule has 0 radical (unpaired) electrons. The first-order chi connectivity index (χ1) is 9.38. The van der Waals surface area contributed by atoms with E-state index >= 15 is 0 Å². The van der Waals surface area contributed by atoms with Crippen molar-refractivity contribution >= 4 is 17.7 Å². The molecule has 0 atom stereocenters. The average molecular weight is 292 g/mol. The lowest BCUT2D eigenvalue weighted by Crippen LogP contribution is -2.13. The molecule has 0 bridgehead atoms. The van der Waals surface area contributed by atoms with Gasteiger partial charge in [-0.1, -0.05) is 32.5 Å². The van der Waals surface area contributed by atoms with Crippen LogP contribution < -0.4 is 0 Å². The van der Waals surface area contributed by atoms with Gasteiger partial charge in [-0.25, -0.2) is 9.97 Å². The van der Waals surface area contributed by atoms with Crippen LogP contribution >= 0.6 is 11.8 Å². The highest BCUT2D eigenvalue weighted by Gasteiger charge is 2.21. The Morgan fingerprint density at radius 1 is 1.35 bits per heavy atom. The van der Waals surface area contributed by atoms with Crippen LogP contribution in [0.1, 0.15) is 26.5 Å². The van der Waals surface area contributed by atoms with Crippen molar-refractivity contribution in [2.24, 2.45) is 0 Å². The number of carboxylic acid groups (broad SMARTS) is 1. The summed E-state index contributed by atoms with van der Waals surface area (Å²) in [4.78, 5) is 19.1. The third-order valence-electron chi connectivity index (χ3n) is 2.53. The van der Waals surface area contributed by atoms with Crippen molar-refractivity contribution < 1.29 is 9.90 Å². The second kappa shape index (κ2) is 5.62. The number of aromatic nitrogens is 4. The Kier molecular flexibility index (Phi) is 4.08. The molecular weight excluding hydrogens is 276 g/mol. The zero-order valence-corrected chi connectivity index (χ0v) is 12.4. The third-order valence-corrected chi connectivity index (χ3v) is 3.51. The fourth-order valence-corrected chi connectivity index (χ4v) is 2.22. The molecule has 0 aromatic carbocycles. The van der Waals surface area contributed by atoms with Gasteiger partial charge in [-0.3, -0.25) is 4.79 Å². The van der Waals surface area contributed by atoms with Crippen molar-refractivity contribution in [3.63, 3.8) is 0 Å². The summed E-state index contributed by atoms with van der Waals surface area (Å²) in [6.07, 6.45) is 3.26. The minimum Gasteiger partial charge on any atom is -0.481 e. The highest BCUT2D eigenvalue weighted by atomic mass is 32.2. The predicted octanol–water partition coefficient (Wildman–Crippen LogP) is 2.14. The number of carbonyl (C=O) groups is 1. The summed E-state index contributed by atoms with van der Waals surface area (Å²) in [5.74, 6) is -0.452. The second-order valence-electron chi connectivity index (χ2n) is 5.26. The summed E-state index contributed by atoms with van der Waals surface area (Å²) >= 11 is 1.21. The van der Waals surface area contributed by atoms with E-state index in [0.717, 1.165) is 10.7 Å². The smallest absolute Gasteiger partial charge is 0.313 e. The zero-order chi connectivity index (χ0) is 14.8. The lowest BCUT2D eigenvalue weighted by Gasteiger charge is -2.13. The van der Waals surface area contributed by atoms with Crippen molar-refractivity contribution in [2.75, 3.05) is 5.75 Å². The first kappa shape index (κ1) is 14.5. The number of hydrogen-bond donors (Lipinski definition) is 1. The molecule has 20 heavy (non-hydrogen) atoms. The largest absolute Gasteiger partial charge is 0.481 e. The highest BCUT2D eigenvalue weighted by Crippen LogP contribution is 2.28. The van der Waals surface area contributed by atoms with Gasteiger partial charge in [0, 0.05) is 17.8 Å². The molecule has 0 saturated carbocycles. The topological polar surface area (TPSA) is 80.9 Å². The molecule has 0 aliphatic heterocycles. The summed E-state index contributed by atoms with van der Waals surface area (Å²) in [5.41, 5.74) is 0.747. The molecule has 1 N–H and O–H groups in total. The Labute approximate surface area is 121 Å². The molecule has 0 aliphatic carbocycles. The van der Waals surface area contributed by atoms with Crippen LogP contribution in [0.15, 0.2) is 29.6 Å². The van der Waals surface area contributed by atoms with Crippen LogP contribution in [0.25, 0.3) is 5.95 Å². The van der Waals surface area contributed by atoms with Crippen molar-refractivity contribution in [1.29, 1.82) is 0 Å². The minimum atomic E-state index is -0.867. The molecule has 0 unspecified atom stereocenters. The number of nitrogens with zero attached hydrogens (tertiary/aromatic N) is 4. The van der Waals surface area contributed by atoms with Gasteiger partial charge in [0.15, 0.2) is 0 Å². The zero-order valence-electron chi connectivity index (χ0n) is 11.6. The maximum Gasteiger partial charge on any atom is 0.313 e. The summed E-state index contributed by atoms with van der Waals surface area (Å²) < 4.78 is 1.59. The number of thioether (sulfide) groups is 1. The van der Waals surface area contributed by atoms with E-state index in [1.54, 1.807) is 23.1 Å². The van der Waals surface area contributed by atoms with E-state index in [-0.39, 0.29) is 11.2 Å². The van der Waals surface area contributed by atoms with Gasteiger partial charge in [-0.15, -0.1) is 0 Å². The summed E-state index contributed by atoms with van der Waals surface area (Å²) in [7, 11) is 0. The fraction of sp³-hybridized carbons (Fsp3) is 0.385. The van der Waals surface area contributed by atoms with Crippen LogP contribution in [0.5, 0.6) is 0 Å². The van der Waals surface area contributed by atoms with E-state index in [9.17, 15) is 4.79 Å². The molecule has 6 nitrogen and oxygen atoms in total. The Balaban J connectivity index is 2.42. The van der Waals surface area contributed by atoms with Gasteiger partial charge in [0.05, 0.1) is 11.4 Å². The highest BCUT2D eigenvalue weighted by molar-refractivity contribution is 7.99. The normalized spacial score (nSPS) is 11.6. The first-order valence-electron chi connectivity index (χ1n) is 6.10. The maximum atomic E-state index is 10.7. The molecule has 2 aromatic heterocycles. The molecule has 2 aromatic rings. The van der Waals surface area contributed by atoms with Crippen LogP contribution in [0.4, 0.5) is 0 Å². The Morgan fingerprint density at radius 3 is 2.55 bits per heavy atom. The SMILES string of the molecule is CC(C)(C)c1cc(SCC(=O)O)n(-c2ncccn2)n1. The number of rotatable bonds is 4. The summed E-state index contributed by atoms with van der Waals surface area (Å²) in [6, 6.07) is 3.62. The molecule has 2 rings (SSSR count). The van der Waals surface area contributed by atoms with Gasteiger partial charge < -0.3 is 5.11 Å². The molecule has 0 aliphatic rings. The van der Waals surface area contributed by atoms with Crippen molar-refractivity contribution in [2.45, 2.75) is 31.2 Å². The summed E-state index contributed by atoms with van der Waals surface area (Å²) in [5, 5.41) is 14.1. The van der Waals surface area contributed by atoms with Gasteiger partial charge in [-0.05, 0) is 12.1 Å². The van der Waals surface area contributed by atoms with Crippen molar-refractivity contribution in [1.82, 2.24) is 19.7 Å². The Bertz CT molecular complexity index is 605. The van der Waals surface area contributed by atoms with E-state index in [1.807, 2.05) is 6.07 Å². The third kappa shape index (κ3) is 3.36. The van der Waals surface area contributed by atoms with Crippen LogP contribution in [0.2, 0.25) is 0 Å². The van der Waals surface area contributed by atoms with Gasteiger partial charge in [0.25, 0.3) is 5.95 Å². The number of aliphatic carboxylic acids is 1. The van der Waals surface area contributed by atoms with Crippen molar-refractivity contribution in [3.8, 4) is 5.95 Å². The second-order valence-corrected chi connectivity index (χ2v) is 6.26. The maximum absolute atomic E-state index is 10.7. The lowest BCUT2D eigenvalue weighted by atomic mass is 9.93. The molecule has 0 spiro atoms. The monoisotopic (exact) mass is 292 g/mol. The molecule has 7 heteroatoms. The number of carboxylic acids is 1. The molecule has 106 valence electrons. The van der Waals surface area contributed by atoms with Gasteiger partial charge in [-0.2, -0.15) is 9.78 Å². The first-order valence-corrected chi connectivity index (χ1v) is 7.09. The predicted molar refractivity (Wildman–Crippen MR) is 76.2 cm³/mol. The van der Waals surface area contributed by atoms with Gasteiger partial charge >= 0.3 is 5.97 Å². The molecule has 2 heterocycles. The quantitative estimate of drug-likeness (QED) is 0.869. The van der Waals surface area contributed by atoms with E-state index in [1.165, 1.54) is 11.8 Å². The standard InChI is InChI=1S/C13H16N4O2S/c1-13(2,3)9-7-10(20-8-11(18)19)17(16-9)12-14-5-4-6-15-12/h4-7H,8H2,1-3H3,(H,18,19). The van der Waals surface area contributed by atoms with E-state index in [4.69, 9.17) is 5.11 Å². The number of hydrogen-bond acceptors (Lipinski definition) is 5. The van der Waals surface area contributed by atoms with Gasteiger partial charge in [0.1, 0.15) is 5.03 Å². The molecule has 0 fully saturated rings. The van der Waals surface area contributed by atoms with E-state index in [2.05, 4.69) is 35.8 Å². The van der Waals surface area contributed by atoms with Crippen LogP contribution in [-0.4, -0.2) is 36.6 Å². The van der Waals surface area contributed by atoms with E-state index in [0.29, 0.717) is 5.95 Å². The molecular formula is C13H16N4O2S.